The molecule has 0 fully saturated rings. The molecule has 0 unspecified atom stereocenters. The Balaban J connectivity index is 2.17. The summed E-state index contributed by atoms with van der Waals surface area (Å²) in [6.45, 7) is 10.6. The van der Waals surface area contributed by atoms with Crippen LogP contribution >= 0.6 is 0 Å². The van der Waals surface area contributed by atoms with Gasteiger partial charge >= 0.3 is 0 Å². The summed E-state index contributed by atoms with van der Waals surface area (Å²) in [5.74, 6) is 0.825. The number of hydrogen-bond acceptors (Lipinski definition) is 4. The molecule has 0 saturated carbocycles. The summed E-state index contributed by atoms with van der Waals surface area (Å²) in [4.78, 5) is 30.2. The number of methoxy groups -OCH3 is 2. The van der Waals surface area contributed by atoms with Gasteiger partial charge in [-0.3, -0.25) is 9.59 Å². The van der Waals surface area contributed by atoms with Crippen molar-refractivity contribution in [3.05, 3.63) is 53.9 Å². The fraction of sp³-hybridized carbons (Fsp3) is 0.586. The molecule has 1 aromatic heterocycles. The van der Waals surface area contributed by atoms with Crippen LogP contribution in [-0.2, 0) is 27.4 Å². The largest absolute Gasteiger partial charge is 0.497 e. The van der Waals surface area contributed by atoms with Gasteiger partial charge in [0.15, 0.2) is 0 Å². The smallest absolute Gasteiger partial charge is 0.242 e. The van der Waals surface area contributed by atoms with Gasteiger partial charge in [0.1, 0.15) is 5.75 Å². The lowest BCUT2D eigenvalue weighted by Gasteiger charge is -2.37. The first-order chi connectivity index (χ1) is 17.2. The van der Waals surface area contributed by atoms with E-state index < -0.39 is 5.54 Å². The molecule has 0 aliphatic carbocycles. The summed E-state index contributed by atoms with van der Waals surface area (Å²) in [7, 11) is 3.32. The second-order valence-corrected chi connectivity index (χ2v) is 10.2. The van der Waals surface area contributed by atoms with Crippen LogP contribution in [0.1, 0.15) is 71.1 Å². The van der Waals surface area contributed by atoms with Crippen molar-refractivity contribution in [2.75, 3.05) is 33.9 Å². The van der Waals surface area contributed by atoms with E-state index in [2.05, 4.69) is 23.6 Å². The highest BCUT2D eigenvalue weighted by molar-refractivity contribution is 5.85. The highest BCUT2D eigenvalue weighted by atomic mass is 16.5. The van der Waals surface area contributed by atoms with Crippen LogP contribution < -0.4 is 4.74 Å². The van der Waals surface area contributed by atoms with Gasteiger partial charge in [0.05, 0.1) is 20.2 Å². The van der Waals surface area contributed by atoms with Crippen LogP contribution in [0.15, 0.2) is 42.6 Å². The first-order valence-electron chi connectivity index (χ1n) is 13.0. The highest BCUT2D eigenvalue weighted by Crippen LogP contribution is 2.21. The van der Waals surface area contributed by atoms with Crippen LogP contribution in [0.2, 0.25) is 0 Å². The van der Waals surface area contributed by atoms with Crippen LogP contribution in [0.3, 0.4) is 0 Å². The lowest BCUT2D eigenvalue weighted by molar-refractivity contribution is -0.144. The fourth-order valence-corrected chi connectivity index (χ4v) is 4.20. The Kier molecular flexibility index (Phi) is 12.0. The molecule has 0 atom stereocenters. The normalized spacial score (nSPS) is 11.4. The van der Waals surface area contributed by atoms with Crippen LogP contribution in [0, 0.1) is 0 Å². The van der Waals surface area contributed by atoms with E-state index in [0.717, 1.165) is 36.3 Å². The molecule has 0 aliphatic heterocycles. The second kappa shape index (κ2) is 14.7. The van der Waals surface area contributed by atoms with Crippen molar-refractivity contribution in [2.24, 2.45) is 0 Å². The Morgan fingerprint density at radius 2 is 1.78 bits per heavy atom. The lowest BCUT2D eigenvalue weighted by Crippen LogP contribution is -2.50. The standard InChI is InChI=1S/C29H45N3O4/c1-7-8-9-16-27(33)31(18-12-19-35-5)23-28(34)32(29(2,3)4)22-25-14-11-17-30(25)21-24-13-10-15-26(20-24)36-6/h10-11,13-15,17,20H,7-9,12,16,18-19,21-23H2,1-6H3. The Hall–Kier alpha value is -2.80. The number of aromatic nitrogens is 1. The van der Waals surface area contributed by atoms with Gasteiger partial charge in [0.25, 0.3) is 0 Å². The molecular formula is C29H45N3O4. The van der Waals surface area contributed by atoms with Crippen molar-refractivity contribution in [1.29, 1.82) is 0 Å². The third-order valence-corrected chi connectivity index (χ3v) is 6.29. The molecule has 2 aromatic rings. The van der Waals surface area contributed by atoms with Crippen molar-refractivity contribution in [2.45, 2.75) is 78.4 Å². The number of carbonyl (C=O) groups excluding carboxylic acids is 2. The molecule has 0 spiro atoms. The number of ether oxygens (including phenoxy) is 2. The molecule has 0 saturated heterocycles. The number of benzene rings is 1. The number of rotatable bonds is 15. The molecule has 200 valence electrons. The van der Waals surface area contributed by atoms with E-state index in [0.29, 0.717) is 39.1 Å². The predicted molar refractivity (Wildman–Crippen MR) is 144 cm³/mol. The average molecular weight is 500 g/mol. The van der Waals surface area contributed by atoms with E-state index in [9.17, 15) is 9.59 Å². The number of nitrogens with zero attached hydrogens (tertiary/aromatic N) is 3. The summed E-state index contributed by atoms with van der Waals surface area (Å²) in [5, 5.41) is 0. The van der Waals surface area contributed by atoms with Gasteiger partial charge in [-0.05, 0) is 63.4 Å². The van der Waals surface area contributed by atoms with Gasteiger partial charge in [-0.2, -0.15) is 0 Å². The molecule has 36 heavy (non-hydrogen) atoms. The summed E-state index contributed by atoms with van der Waals surface area (Å²) in [6.07, 6.45) is 6.15. The molecule has 0 aliphatic rings. The molecule has 0 bridgehead atoms. The Bertz CT molecular complexity index is 948. The van der Waals surface area contributed by atoms with Crippen molar-refractivity contribution in [3.8, 4) is 5.75 Å². The number of carbonyl (C=O) groups is 2. The van der Waals surface area contributed by atoms with Gasteiger partial charge in [-0.15, -0.1) is 0 Å². The summed E-state index contributed by atoms with van der Waals surface area (Å²) < 4.78 is 12.7. The second-order valence-electron chi connectivity index (χ2n) is 10.2. The van der Waals surface area contributed by atoms with Gasteiger partial charge in [0.2, 0.25) is 11.8 Å². The minimum Gasteiger partial charge on any atom is -0.497 e. The highest BCUT2D eigenvalue weighted by Gasteiger charge is 2.29. The monoisotopic (exact) mass is 499 g/mol. The summed E-state index contributed by atoms with van der Waals surface area (Å²) >= 11 is 0. The van der Waals surface area contributed by atoms with E-state index >= 15 is 0 Å². The number of unbranched alkanes of at least 4 members (excludes halogenated alkanes) is 2. The third kappa shape index (κ3) is 9.34. The zero-order valence-electron chi connectivity index (χ0n) is 23.1. The van der Waals surface area contributed by atoms with Crippen molar-refractivity contribution >= 4 is 11.8 Å². The zero-order valence-corrected chi connectivity index (χ0v) is 23.1. The van der Waals surface area contributed by atoms with Gasteiger partial charge in [0, 0.05) is 50.7 Å². The lowest BCUT2D eigenvalue weighted by atomic mass is 10.0. The quantitative estimate of drug-likeness (QED) is 0.319. The maximum absolute atomic E-state index is 13.6. The minimum absolute atomic E-state index is 0.0436. The van der Waals surface area contributed by atoms with E-state index in [-0.39, 0.29) is 18.4 Å². The maximum atomic E-state index is 13.6. The zero-order chi connectivity index (χ0) is 26.6. The predicted octanol–water partition coefficient (Wildman–Crippen LogP) is 5.12. The molecule has 7 nitrogen and oxygen atoms in total. The van der Waals surface area contributed by atoms with E-state index in [4.69, 9.17) is 9.47 Å². The third-order valence-electron chi connectivity index (χ3n) is 6.29. The van der Waals surface area contributed by atoms with Crippen molar-refractivity contribution < 1.29 is 19.1 Å². The fourth-order valence-electron chi connectivity index (χ4n) is 4.20. The summed E-state index contributed by atoms with van der Waals surface area (Å²) in [5.41, 5.74) is 1.77. The van der Waals surface area contributed by atoms with E-state index in [1.54, 1.807) is 19.1 Å². The minimum atomic E-state index is -0.397. The van der Waals surface area contributed by atoms with E-state index in [1.165, 1.54) is 0 Å². The average Bonchev–Trinajstić information content (AvgIpc) is 3.27. The molecule has 1 heterocycles. The van der Waals surface area contributed by atoms with Crippen molar-refractivity contribution in [3.63, 3.8) is 0 Å². The van der Waals surface area contributed by atoms with Crippen LogP contribution in [0.5, 0.6) is 5.75 Å². The van der Waals surface area contributed by atoms with Gasteiger partial charge < -0.3 is 23.8 Å². The first kappa shape index (κ1) is 29.4. The van der Waals surface area contributed by atoms with Crippen molar-refractivity contribution in [1.82, 2.24) is 14.4 Å². The Morgan fingerprint density at radius 3 is 2.44 bits per heavy atom. The topological polar surface area (TPSA) is 64.0 Å². The van der Waals surface area contributed by atoms with Crippen LogP contribution in [0.4, 0.5) is 0 Å². The number of hydrogen-bond donors (Lipinski definition) is 0. The molecule has 0 radical (unpaired) electrons. The molecule has 1 aromatic carbocycles. The van der Waals surface area contributed by atoms with Crippen LogP contribution in [-0.4, -0.2) is 65.6 Å². The molecular weight excluding hydrogens is 454 g/mol. The molecule has 7 heteroatoms. The van der Waals surface area contributed by atoms with E-state index in [1.807, 2.05) is 56.1 Å². The molecule has 0 N–H and O–H groups in total. The summed E-state index contributed by atoms with van der Waals surface area (Å²) in [6, 6.07) is 12.1. The number of amides is 2. The maximum Gasteiger partial charge on any atom is 0.242 e. The molecule has 2 amide bonds. The Morgan fingerprint density at radius 1 is 1.00 bits per heavy atom. The van der Waals surface area contributed by atoms with Gasteiger partial charge in [-0.25, -0.2) is 0 Å². The first-order valence-corrected chi connectivity index (χ1v) is 13.0. The van der Waals surface area contributed by atoms with Crippen LogP contribution in [0.25, 0.3) is 0 Å². The molecule has 2 rings (SSSR count). The SMILES string of the molecule is CCCCCC(=O)N(CCCOC)CC(=O)N(Cc1cccn1Cc1cccc(OC)c1)C(C)(C)C. The Labute approximate surface area is 217 Å². The van der Waals surface area contributed by atoms with Gasteiger partial charge in [-0.1, -0.05) is 31.9 Å².